The minimum absolute atomic E-state index is 0.410. The summed E-state index contributed by atoms with van der Waals surface area (Å²) in [4.78, 5) is 17.2. The summed E-state index contributed by atoms with van der Waals surface area (Å²) in [7, 11) is 0. The number of aromatic carboxylic acids is 1. The first-order valence-corrected chi connectivity index (χ1v) is 7.84. The number of hydrogen-bond donors (Lipinski definition) is 3. The van der Waals surface area contributed by atoms with E-state index in [0.717, 1.165) is 61.2 Å². The third-order valence-electron chi connectivity index (χ3n) is 4.63. The van der Waals surface area contributed by atoms with Crippen LogP contribution >= 0.6 is 0 Å². The van der Waals surface area contributed by atoms with Gasteiger partial charge in [0.05, 0.1) is 5.56 Å². The van der Waals surface area contributed by atoms with Crippen LogP contribution in [-0.4, -0.2) is 53.7 Å². The molecule has 0 saturated carbocycles. The number of aromatic nitrogens is 1. The van der Waals surface area contributed by atoms with Crippen LogP contribution in [0, 0.1) is 13.8 Å². The lowest BCUT2D eigenvalue weighted by Gasteiger charge is -2.27. The molecule has 1 saturated heterocycles. The number of carbonyl (C=O) groups is 1. The Labute approximate surface area is 130 Å². The van der Waals surface area contributed by atoms with Crippen molar-refractivity contribution in [3.8, 4) is 0 Å². The van der Waals surface area contributed by atoms with Crippen LogP contribution in [0.25, 0.3) is 10.9 Å². The summed E-state index contributed by atoms with van der Waals surface area (Å²) in [6.07, 6.45) is 2.99. The van der Waals surface area contributed by atoms with E-state index in [-0.39, 0.29) is 0 Å². The minimum atomic E-state index is -0.850. The number of fused-ring (bicyclic) bond motifs is 1. The maximum Gasteiger partial charge on any atom is 0.335 e. The Balaban J connectivity index is 1.91. The summed E-state index contributed by atoms with van der Waals surface area (Å²) >= 11 is 0. The van der Waals surface area contributed by atoms with Gasteiger partial charge in [0, 0.05) is 49.8 Å². The second kappa shape index (κ2) is 6.10. The molecule has 0 unspecified atom stereocenters. The van der Waals surface area contributed by atoms with Crippen LogP contribution in [0.2, 0.25) is 0 Å². The van der Waals surface area contributed by atoms with Gasteiger partial charge in [0.1, 0.15) is 0 Å². The monoisotopic (exact) mass is 301 g/mol. The van der Waals surface area contributed by atoms with Crippen molar-refractivity contribution >= 4 is 16.9 Å². The van der Waals surface area contributed by atoms with E-state index in [9.17, 15) is 9.90 Å². The Kier molecular flexibility index (Phi) is 4.18. The van der Waals surface area contributed by atoms with Crippen molar-refractivity contribution in [2.75, 3.05) is 32.7 Å². The summed E-state index contributed by atoms with van der Waals surface area (Å²) in [5.74, 6) is -0.850. The molecule has 118 valence electrons. The van der Waals surface area contributed by atoms with E-state index in [1.54, 1.807) is 6.07 Å². The molecule has 0 radical (unpaired) electrons. The lowest BCUT2D eigenvalue weighted by atomic mass is 9.97. The highest BCUT2D eigenvalue weighted by atomic mass is 16.4. The van der Waals surface area contributed by atoms with Gasteiger partial charge in [-0.3, -0.25) is 0 Å². The van der Waals surface area contributed by atoms with E-state index >= 15 is 0 Å². The molecule has 2 heterocycles. The molecule has 0 bridgehead atoms. The summed E-state index contributed by atoms with van der Waals surface area (Å²) < 4.78 is 0. The van der Waals surface area contributed by atoms with E-state index in [2.05, 4.69) is 15.2 Å². The second-order valence-corrected chi connectivity index (χ2v) is 6.08. The van der Waals surface area contributed by atoms with Gasteiger partial charge in [0.25, 0.3) is 0 Å². The fourth-order valence-electron chi connectivity index (χ4n) is 3.37. The number of carboxylic acids is 1. The average Bonchev–Trinajstić information content (AvgIpc) is 2.94. The van der Waals surface area contributed by atoms with Gasteiger partial charge in [-0.2, -0.15) is 0 Å². The van der Waals surface area contributed by atoms with Crippen LogP contribution in [0.5, 0.6) is 0 Å². The number of benzene rings is 1. The van der Waals surface area contributed by atoms with Gasteiger partial charge in [-0.05, 0) is 43.0 Å². The van der Waals surface area contributed by atoms with Gasteiger partial charge in [-0.25, -0.2) is 4.79 Å². The second-order valence-electron chi connectivity index (χ2n) is 6.08. The molecule has 0 spiro atoms. The van der Waals surface area contributed by atoms with Crippen molar-refractivity contribution in [2.45, 2.75) is 20.3 Å². The van der Waals surface area contributed by atoms with Crippen molar-refractivity contribution in [2.24, 2.45) is 0 Å². The highest BCUT2D eigenvalue weighted by Gasteiger charge is 2.17. The van der Waals surface area contributed by atoms with Gasteiger partial charge in [-0.1, -0.05) is 0 Å². The number of nitrogens with one attached hydrogen (secondary N) is 2. The molecule has 0 aliphatic carbocycles. The molecule has 0 amide bonds. The zero-order valence-electron chi connectivity index (χ0n) is 13.2. The molecule has 5 heteroatoms. The summed E-state index contributed by atoms with van der Waals surface area (Å²) in [6.45, 7) is 9.16. The Hall–Kier alpha value is -1.85. The van der Waals surface area contributed by atoms with E-state index < -0.39 is 5.97 Å². The molecule has 1 aliphatic rings. The van der Waals surface area contributed by atoms with Crippen LogP contribution in [0.15, 0.2) is 12.3 Å². The summed E-state index contributed by atoms with van der Waals surface area (Å²) in [5.41, 5.74) is 4.55. The number of nitrogens with zero attached hydrogens (tertiary/aromatic N) is 1. The fraction of sp³-hybridized carbons (Fsp3) is 0.471. The molecular formula is C17H23N3O2. The van der Waals surface area contributed by atoms with Crippen LogP contribution in [-0.2, 0) is 6.42 Å². The zero-order chi connectivity index (χ0) is 15.7. The smallest absolute Gasteiger partial charge is 0.335 e. The Morgan fingerprint density at radius 1 is 1.32 bits per heavy atom. The molecule has 5 nitrogen and oxygen atoms in total. The normalized spacial score (nSPS) is 16.3. The SMILES string of the molecule is Cc1cc(C(=O)O)c(C)c2c(CCN3CCNCC3)c[nH]c12. The number of hydrogen-bond acceptors (Lipinski definition) is 3. The third-order valence-corrected chi connectivity index (χ3v) is 4.63. The Bertz CT molecular complexity index is 699. The topological polar surface area (TPSA) is 68.4 Å². The molecule has 3 rings (SSSR count). The van der Waals surface area contributed by atoms with Crippen molar-refractivity contribution in [1.82, 2.24) is 15.2 Å². The molecule has 2 aromatic rings. The molecule has 1 aromatic heterocycles. The van der Waals surface area contributed by atoms with Crippen molar-refractivity contribution < 1.29 is 9.90 Å². The highest BCUT2D eigenvalue weighted by molar-refractivity contribution is 5.99. The predicted octanol–water partition coefficient (Wildman–Crippen LogP) is 1.93. The number of aromatic amines is 1. The van der Waals surface area contributed by atoms with Gasteiger partial charge in [0.2, 0.25) is 0 Å². The van der Waals surface area contributed by atoms with Crippen molar-refractivity contribution in [1.29, 1.82) is 0 Å². The van der Waals surface area contributed by atoms with Gasteiger partial charge in [0.15, 0.2) is 0 Å². The number of carboxylic acid groups (broad SMARTS) is 1. The van der Waals surface area contributed by atoms with E-state index in [1.165, 1.54) is 5.56 Å². The van der Waals surface area contributed by atoms with E-state index in [4.69, 9.17) is 0 Å². The molecule has 1 aliphatic heterocycles. The average molecular weight is 301 g/mol. The predicted molar refractivity (Wildman–Crippen MR) is 87.7 cm³/mol. The van der Waals surface area contributed by atoms with Gasteiger partial charge in [-0.15, -0.1) is 0 Å². The zero-order valence-corrected chi connectivity index (χ0v) is 13.2. The first kappa shape index (κ1) is 15.1. The Morgan fingerprint density at radius 2 is 2.05 bits per heavy atom. The maximum atomic E-state index is 11.4. The molecule has 0 atom stereocenters. The van der Waals surface area contributed by atoms with Crippen LogP contribution in [0.1, 0.15) is 27.0 Å². The molecule has 22 heavy (non-hydrogen) atoms. The quantitative estimate of drug-likeness (QED) is 0.807. The third kappa shape index (κ3) is 2.74. The van der Waals surface area contributed by atoms with E-state index in [0.29, 0.717) is 5.56 Å². The number of aryl methyl sites for hydroxylation is 2. The van der Waals surface area contributed by atoms with Crippen LogP contribution in [0.4, 0.5) is 0 Å². The molecular weight excluding hydrogens is 278 g/mol. The summed E-state index contributed by atoms with van der Waals surface area (Å²) in [6, 6.07) is 1.76. The fourth-order valence-corrected chi connectivity index (χ4v) is 3.37. The van der Waals surface area contributed by atoms with Gasteiger partial charge < -0.3 is 20.3 Å². The Morgan fingerprint density at radius 3 is 2.73 bits per heavy atom. The number of piperazine rings is 1. The van der Waals surface area contributed by atoms with Crippen molar-refractivity contribution in [3.05, 3.63) is 34.5 Å². The summed E-state index contributed by atoms with van der Waals surface area (Å²) in [5, 5.41) is 13.8. The lowest BCUT2D eigenvalue weighted by molar-refractivity contribution is 0.0696. The lowest BCUT2D eigenvalue weighted by Crippen LogP contribution is -2.44. The first-order valence-electron chi connectivity index (χ1n) is 7.84. The molecule has 1 fully saturated rings. The number of rotatable bonds is 4. The minimum Gasteiger partial charge on any atom is -0.478 e. The standard InChI is InChI=1S/C17H23N3O2/c1-11-9-14(17(21)22)12(2)15-13(10-19-16(11)15)3-6-20-7-4-18-5-8-20/h9-10,18-19H,3-8H2,1-2H3,(H,21,22). The van der Waals surface area contributed by atoms with Crippen molar-refractivity contribution in [3.63, 3.8) is 0 Å². The highest BCUT2D eigenvalue weighted by Crippen LogP contribution is 2.28. The molecule has 1 aromatic carbocycles. The van der Waals surface area contributed by atoms with E-state index in [1.807, 2.05) is 20.0 Å². The van der Waals surface area contributed by atoms with Crippen LogP contribution in [0.3, 0.4) is 0 Å². The number of H-pyrrole nitrogens is 1. The first-order chi connectivity index (χ1) is 10.6. The van der Waals surface area contributed by atoms with Crippen LogP contribution < -0.4 is 5.32 Å². The van der Waals surface area contributed by atoms with Gasteiger partial charge >= 0.3 is 5.97 Å². The molecule has 3 N–H and O–H groups in total. The largest absolute Gasteiger partial charge is 0.478 e. The maximum absolute atomic E-state index is 11.4.